The standard InChI is InChI=1S/C18H22N8O/c1-13-3-5-14(6-4-13)18(27)25-24-17-15(19)16(22-11-23-17)21-7-2-9-26-10-8-20-12-26/h3-6,8,10-12H,2,7,9,19H2,1H3,(H,25,27)(H2,21,22,23,24). The van der Waals surface area contributed by atoms with Crippen molar-refractivity contribution in [3.05, 3.63) is 60.4 Å². The fourth-order valence-corrected chi connectivity index (χ4v) is 2.42. The molecule has 3 aromatic rings. The van der Waals surface area contributed by atoms with Crippen LogP contribution in [0.5, 0.6) is 0 Å². The van der Waals surface area contributed by atoms with E-state index in [1.807, 2.05) is 29.8 Å². The van der Waals surface area contributed by atoms with Crippen LogP contribution in [0.15, 0.2) is 49.3 Å². The van der Waals surface area contributed by atoms with Crippen molar-refractivity contribution in [2.75, 3.05) is 23.0 Å². The quantitative estimate of drug-likeness (QED) is 0.354. The fourth-order valence-electron chi connectivity index (χ4n) is 2.42. The van der Waals surface area contributed by atoms with Gasteiger partial charge in [-0.1, -0.05) is 17.7 Å². The van der Waals surface area contributed by atoms with Crippen LogP contribution in [0.4, 0.5) is 17.3 Å². The summed E-state index contributed by atoms with van der Waals surface area (Å²) in [5.74, 6) is 0.577. The predicted octanol–water partition coefficient (Wildman–Crippen LogP) is 1.82. The molecule has 9 heteroatoms. The van der Waals surface area contributed by atoms with Gasteiger partial charge in [-0.05, 0) is 25.5 Å². The van der Waals surface area contributed by atoms with Crippen molar-refractivity contribution in [1.29, 1.82) is 0 Å². The zero-order valence-corrected chi connectivity index (χ0v) is 15.0. The molecule has 0 radical (unpaired) electrons. The molecule has 140 valence electrons. The highest BCUT2D eigenvalue weighted by molar-refractivity contribution is 5.95. The van der Waals surface area contributed by atoms with Gasteiger partial charge in [0.2, 0.25) is 0 Å². The number of hydrogen-bond acceptors (Lipinski definition) is 7. The number of carbonyl (C=O) groups excluding carboxylic acids is 1. The van der Waals surface area contributed by atoms with Gasteiger partial charge < -0.3 is 15.6 Å². The molecule has 0 atom stereocenters. The number of nitrogen functional groups attached to an aromatic ring is 1. The summed E-state index contributed by atoms with van der Waals surface area (Å²) in [6.07, 6.45) is 7.70. The van der Waals surface area contributed by atoms with Gasteiger partial charge in [-0.25, -0.2) is 15.0 Å². The van der Waals surface area contributed by atoms with Crippen molar-refractivity contribution >= 4 is 23.2 Å². The Morgan fingerprint density at radius 1 is 1.19 bits per heavy atom. The molecule has 0 bridgehead atoms. The number of carbonyl (C=O) groups is 1. The van der Waals surface area contributed by atoms with E-state index in [4.69, 9.17) is 5.73 Å². The minimum absolute atomic E-state index is 0.275. The maximum atomic E-state index is 12.2. The van der Waals surface area contributed by atoms with E-state index < -0.39 is 0 Å². The summed E-state index contributed by atoms with van der Waals surface area (Å²) in [6.45, 7) is 3.50. The summed E-state index contributed by atoms with van der Waals surface area (Å²) in [4.78, 5) is 24.4. The van der Waals surface area contributed by atoms with Crippen molar-refractivity contribution in [2.24, 2.45) is 0 Å². The van der Waals surface area contributed by atoms with E-state index in [2.05, 4.69) is 31.1 Å². The molecule has 2 aromatic heterocycles. The number of rotatable bonds is 8. The van der Waals surface area contributed by atoms with Gasteiger partial charge in [0.25, 0.3) is 5.91 Å². The largest absolute Gasteiger partial charge is 0.393 e. The third-order valence-corrected chi connectivity index (χ3v) is 3.94. The fraction of sp³-hybridized carbons (Fsp3) is 0.222. The highest BCUT2D eigenvalue weighted by Crippen LogP contribution is 2.21. The molecule has 0 aliphatic heterocycles. The van der Waals surface area contributed by atoms with E-state index in [0.717, 1.165) is 18.5 Å². The van der Waals surface area contributed by atoms with Crippen LogP contribution in [-0.2, 0) is 6.54 Å². The number of nitrogens with one attached hydrogen (secondary N) is 3. The molecule has 27 heavy (non-hydrogen) atoms. The SMILES string of the molecule is Cc1ccc(C(=O)NNc2ncnc(NCCCn3ccnc3)c2N)cc1. The average molecular weight is 366 g/mol. The summed E-state index contributed by atoms with van der Waals surface area (Å²) in [7, 11) is 0. The lowest BCUT2D eigenvalue weighted by atomic mass is 10.1. The summed E-state index contributed by atoms with van der Waals surface area (Å²) in [5.41, 5.74) is 13.4. The molecular formula is C18H22N8O. The molecule has 2 heterocycles. The number of nitrogens with zero attached hydrogens (tertiary/aromatic N) is 4. The van der Waals surface area contributed by atoms with E-state index in [-0.39, 0.29) is 5.91 Å². The zero-order chi connectivity index (χ0) is 19.1. The molecular weight excluding hydrogens is 344 g/mol. The van der Waals surface area contributed by atoms with Crippen LogP contribution in [0, 0.1) is 6.92 Å². The zero-order valence-electron chi connectivity index (χ0n) is 15.0. The van der Waals surface area contributed by atoms with Gasteiger partial charge in [-0.2, -0.15) is 0 Å². The van der Waals surface area contributed by atoms with E-state index >= 15 is 0 Å². The second-order valence-electron chi connectivity index (χ2n) is 6.01. The van der Waals surface area contributed by atoms with E-state index in [9.17, 15) is 4.79 Å². The van der Waals surface area contributed by atoms with Gasteiger partial charge in [0, 0.05) is 31.0 Å². The van der Waals surface area contributed by atoms with Crippen molar-refractivity contribution < 1.29 is 4.79 Å². The number of hydrazine groups is 1. The molecule has 9 nitrogen and oxygen atoms in total. The van der Waals surface area contributed by atoms with Gasteiger partial charge in [-0.3, -0.25) is 15.6 Å². The van der Waals surface area contributed by atoms with Crippen molar-refractivity contribution in [3.63, 3.8) is 0 Å². The molecule has 0 unspecified atom stereocenters. The van der Waals surface area contributed by atoms with Crippen molar-refractivity contribution in [1.82, 2.24) is 24.9 Å². The molecule has 1 amide bonds. The van der Waals surface area contributed by atoms with E-state index in [0.29, 0.717) is 29.4 Å². The lowest BCUT2D eigenvalue weighted by Gasteiger charge is -2.13. The summed E-state index contributed by atoms with van der Waals surface area (Å²) in [6, 6.07) is 7.26. The van der Waals surface area contributed by atoms with Gasteiger partial charge in [0.1, 0.15) is 12.0 Å². The summed E-state index contributed by atoms with van der Waals surface area (Å²) >= 11 is 0. The van der Waals surface area contributed by atoms with Gasteiger partial charge in [0.05, 0.1) is 6.33 Å². The second-order valence-corrected chi connectivity index (χ2v) is 6.01. The minimum atomic E-state index is -0.275. The molecule has 3 rings (SSSR count). The topological polar surface area (TPSA) is 123 Å². The van der Waals surface area contributed by atoms with E-state index in [1.165, 1.54) is 6.33 Å². The number of aromatic nitrogens is 4. The Bertz CT molecular complexity index is 877. The Balaban J connectivity index is 1.52. The maximum Gasteiger partial charge on any atom is 0.269 e. The number of benzene rings is 1. The predicted molar refractivity (Wildman–Crippen MR) is 104 cm³/mol. The second kappa shape index (κ2) is 8.65. The van der Waals surface area contributed by atoms with Crippen LogP contribution in [0.2, 0.25) is 0 Å². The van der Waals surface area contributed by atoms with Crippen molar-refractivity contribution in [3.8, 4) is 0 Å². The third kappa shape index (κ3) is 4.94. The smallest absolute Gasteiger partial charge is 0.269 e. The Labute approximate surface area is 157 Å². The first-order chi connectivity index (χ1) is 13.1. The first-order valence-electron chi connectivity index (χ1n) is 8.56. The number of anilines is 3. The third-order valence-electron chi connectivity index (χ3n) is 3.94. The Kier molecular flexibility index (Phi) is 5.83. The molecule has 0 spiro atoms. The normalized spacial score (nSPS) is 10.4. The monoisotopic (exact) mass is 366 g/mol. The Morgan fingerprint density at radius 2 is 1.96 bits per heavy atom. The lowest BCUT2D eigenvalue weighted by molar-refractivity contribution is 0.0962. The van der Waals surface area contributed by atoms with Crippen LogP contribution in [0.3, 0.4) is 0 Å². The Morgan fingerprint density at radius 3 is 2.70 bits per heavy atom. The van der Waals surface area contributed by atoms with Gasteiger partial charge in [0.15, 0.2) is 11.6 Å². The molecule has 0 aliphatic rings. The average Bonchev–Trinajstić information content (AvgIpc) is 3.19. The Hall–Kier alpha value is -3.62. The number of hydrogen-bond donors (Lipinski definition) is 4. The minimum Gasteiger partial charge on any atom is -0.393 e. The molecule has 5 N–H and O–H groups in total. The number of aryl methyl sites for hydroxylation is 2. The van der Waals surface area contributed by atoms with Crippen LogP contribution in [0.1, 0.15) is 22.3 Å². The highest BCUT2D eigenvalue weighted by Gasteiger charge is 2.10. The molecule has 0 saturated heterocycles. The van der Waals surface area contributed by atoms with Crippen LogP contribution in [0.25, 0.3) is 0 Å². The molecule has 1 aromatic carbocycles. The number of imidazole rings is 1. The van der Waals surface area contributed by atoms with Crippen LogP contribution in [-0.4, -0.2) is 32.0 Å². The summed E-state index contributed by atoms with van der Waals surface area (Å²) in [5, 5.41) is 3.18. The maximum absolute atomic E-state index is 12.2. The van der Waals surface area contributed by atoms with Crippen LogP contribution >= 0.6 is 0 Å². The summed E-state index contributed by atoms with van der Waals surface area (Å²) < 4.78 is 2.00. The van der Waals surface area contributed by atoms with Crippen molar-refractivity contribution in [2.45, 2.75) is 19.9 Å². The first kappa shape index (κ1) is 18.2. The molecule has 0 fully saturated rings. The molecule has 0 aliphatic carbocycles. The highest BCUT2D eigenvalue weighted by atomic mass is 16.2. The first-order valence-corrected chi connectivity index (χ1v) is 8.56. The number of amides is 1. The van der Waals surface area contributed by atoms with Gasteiger partial charge in [-0.15, -0.1) is 0 Å². The number of nitrogens with two attached hydrogens (primary N) is 1. The molecule has 0 saturated carbocycles. The van der Waals surface area contributed by atoms with Gasteiger partial charge >= 0.3 is 0 Å². The van der Waals surface area contributed by atoms with E-state index in [1.54, 1.807) is 24.7 Å². The lowest BCUT2D eigenvalue weighted by Crippen LogP contribution is -2.30. The van der Waals surface area contributed by atoms with Crippen LogP contribution < -0.4 is 21.9 Å².